The second-order valence-electron chi connectivity index (χ2n) is 4.02. The molecule has 0 fully saturated rings. The van der Waals surface area contributed by atoms with Crippen molar-refractivity contribution in [2.75, 3.05) is 6.54 Å². The first-order valence-electron chi connectivity index (χ1n) is 5.93. The Bertz CT molecular complexity index is 625. The molecule has 2 aromatic rings. The third kappa shape index (κ3) is 3.52. The van der Waals surface area contributed by atoms with Crippen LogP contribution in [0.25, 0.3) is 0 Å². The molecule has 2 heterocycles. The van der Waals surface area contributed by atoms with Crippen LogP contribution < -0.4 is 0 Å². The number of rotatable bonds is 6. The highest BCUT2D eigenvalue weighted by molar-refractivity contribution is 7.09. The summed E-state index contributed by atoms with van der Waals surface area (Å²) in [7, 11) is 0. The van der Waals surface area contributed by atoms with E-state index in [-0.39, 0.29) is 18.3 Å². The van der Waals surface area contributed by atoms with E-state index in [1.54, 1.807) is 22.3 Å². The Hall–Kier alpha value is -2.46. The molecular weight excluding hydrogens is 274 g/mol. The molecule has 0 N–H and O–H groups in total. The van der Waals surface area contributed by atoms with Crippen molar-refractivity contribution < 1.29 is 4.79 Å². The highest BCUT2D eigenvalue weighted by atomic mass is 32.1. The summed E-state index contributed by atoms with van der Waals surface area (Å²) >= 11 is 1.60. The summed E-state index contributed by atoms with van der Waals surface area (Å²) in [5.41, 5.74) is 0. The van der Waals surface area contributed by atoms with Crippen molar-refractivity contribution in [3.63, 3.8) is 0 Å². The van der Waals surface area contributed by atoms with E-state index >= 15 is 0 Å². The van der Waals surface area contributed by atoms with Gasteiger partial charge < -0.3 is 4.90 Å². The van der Waals surface area contributed by atoms with Crippen molar-refractivity contribution in [2.45, 2.75) is 13.1 Å². The van der Waals surface area contributed by atoms with Crippen molar-refractivity contribution in [3.8, 4) is 6.07 Å². The molecule has 102 valence electrons. The Morgan fingerprint density at radius 3 is 3.10 bits per heavy atom. The molecular formula is C13H13N5OS. The van der Waals surface area contributed by atoms with Gasteiger partial charge in [0.15, 0.2) is 0 Å². The summed E-state index contributed by atoms with van der Waals surface area (Å²) in [6.07, 6.45) is 3.07. The summed E-state index contributed by atoms with van der Waals surface area (Å²) < 4.78 is 1.37. The molecule has 7 heteroatoms. The molecule has 1 amide bonds. The fourth-order valence-corrected chi connectivity index (χ4v) is 2.38. The highest BCUT2D eigenvalue weighted by Gasteiger charge is 2.14. The Morgan fingerprint density at radius 2 is 2.50 bits per heavy atom. The molecule has 0 spiro atoms. The molecule has 0 radical (unpaired) electrons. The fraction of sp³-hybridized carbons (Fsp3) is 0.231. The van der Waals surface area contributed by atoms with Crippen molar-refractivity contribution in [1.82, 2.24) is 19.7 Å². The first kappa shape index (κ1) is 14.0. The maximum Gasteiger partial charge on any atom is 0.252 e. The van der Waals surface area contributed by atoms with Gasteiger partial charge in [0.25, 0.3) is 5.82 Å². The molecule has 0 unspecified atom stereocenters. The zero-order valence-corrected chi connectivity index (χ0v) is 11.6. The van der Waals surface area contributed by atoms with Crippen molar-refractivity contribution in [2.24, 2.45) is 0 Å². The zero-order valence-electron chi connectivity index (χ0n) is 10.8. The van der Waals surface area contributed by atoms with Crippen molar-refractivity contribution in [3.05, 3.63) is 47.2 Å². The lowest BCUT2D eigenvalue weighted by Crippen LogP contribution is -2.33. The van der Waals surface area contributed by atoms with Crippen LogP contribution in [0.5, 0.6) is 0 Å². The molecule has 0 saturated heterocycles. The third-order valence-electron chi connectivity index (χ3n) is 2.56. The number of nitriles is 1. The molecule has 20 heavy (non-hydrogen) atoms. The maximum atomic E-state index is 12.2. The number of amides is 1. The molecule has 0 aromatic carbocycles. The van der Waals surface area contributed by atoms with Gasteiger partial charge in [-0.05, 0) is 11.4 Å². The number of hydrogen-bond acceptors (Lipinski definition) is 5. The molecule has 0 atom stereocenters. The first-order chi connectivity index (χ1) is 9.72. The van der Waals surface area contributed by atoms with Crippen LogP contribution in [-0.4, -0.2) is 32.1 Å². The van der Waals surface area contributed by atoms with E-state index in [4.69, 9.17) is 5.26 Å². The van der Waals surface area contributed by atoms with Gasteiger partial charge in [-0.2, -0.15) is 5.26 Å². The van der Waals surface area contributed by atoms with Gasteiger partial charge in [0, 0.05) is 11.4 Å². The van der Waals surface area contributed by atoms with Crippen LogP contribution in [0, 0.1) is 11.3 Å². The van der Waals surface area contributed by atoms with Crippen molar-refractivity contribution in [1.29, 1.82) is 5.26 Å². The van der Waals surface area contributed by atoms with Crippen LogP contribution in [0.15, 0.2) is 36.5 Å². The van der Waals surface area contributed by atoms with Gasteiger partial charge in [0.1, 0.15) is 18.9 Å². The predicted octanol–water partition coefficient (Wildman–Crippen LogP) is 1.43. The van der Waals surface area contributed by atoms with Gasteiger partial charge in [-0.15, -0.1) is 23.0 Å². The monoisotopic (exact) mass is 287 g/mol. The lowest BCUT2D eigenvalue weighted by molar-refractivity contribution is -0.132. The maximum absolute atomic E-state index is 12.2. The quantitative estimate of drug-likeness (QED) is 0.753. The second-order valence-corrected chi connectivity index (χ2v) is 5.05. The Balaban J connectivity index is 2.03. The van der Waals surface area contributed by atoms with E-state index in [1.165, 1.54) is 11.0 Å². The number of carbonyl (C=O) groups is 1. The molecule has 0 saturated carbocycles. The van der Waals surface area contributed by atoms with Gasteiger partial charge in [0.05, 0.1) is 6.54 Å². The Kier molecular flexibility index (Phi) is 4.63. The average Bonchev–Trinajstić information content (AvgIpc) is 3.09. The van der Waals surface area contributed by atoms with Gasteiger partial charge >= 0.3 is 0 Å². The summed E-state index contributed by atoms with van der Waals surface area (Å²) in [6, 6.07) is 5.76. The molecule has 0 aliphatic rings. The minimum Gasteiger partial charge on any atom is -0.332 e. The summed E-state index contributed by atoms with van der Waals surface area (Å²) in [6.45, 7) is 4.74. The number of thiophene rings is 1. The van der Waals surface area contributed by atoms with Crippen LogP contribution in [0.4, 0.5) is 0 Å². The van der Waals surface area contributed by atoms with Gasteiger partial charge in [-0.1, -0.05) is 12.1 Å². The van der Waals surface area contributed by atoms with Crippen LogP contribution in [-0.2, 0) is 17.9 Å². The minimum atomic E-state index is -0.0901. The topological polar surface area (TPSA) is 74.8 Å². The molecule has 0 aliphatic heterocycles. The van der Waals surface area contributed by atoms with Crippen LogP contribution >= 0.6 is 11.3 Å². The van der Waals surface area contributed by atoms with E-state index in [0.29, 0.717) is 13.1 Å². The molecule has 2 aromatic heterocycles. The highest BCUT2D eigenvalue weighted by Crippen LogP contribution is 2.12. The third-order valence-corrected chi connectivity index (χ3v) is 3.42. The van der Waals surface area contributed by atoms with E-state index in [1.807, 2.05) is 23.6 Å². The fourth-order valence-electron chi connectivity index (χ4n) is 1.66. The number of hydrogen-bond donors (Lipinski definition) is 0. The van der Waals surface area contributed by atoms with Gasteiger partial charge in [-0.25, -0.2) is 9.67 Å². The SMILES string of the molecule is C=CCN(Cc1cccs1)C(=O)Cn1cnc(C#N)n1. The summed E-state index contributed by atoms with van der Waals surface area (Å²) in [5, 5.41) is 14.5. The van der Waals surface area contributed by atoms with E-state index in [0.717, 1.165) is 4.88 Å². The van der Waals surface area contributed by atoms with Gasteiger partial charge in [0.2, 0.25) is 5.91 Å². The number of aromatic nitrogens is 3. The lowest BCUT2D eigenvalue weighted by Gasteiger charge is -2.20. The van der Waals surface area contributed by atoms with Crippen LogP contribution in [0.1, 0.15) is 10.7 Å². The summed E-state index contributed by atoms with van der Waals surface area (Å²) in [4.78, 5) is 18.8. The minimum absolute atomic E-state index is 0.0614. The molecule has 6 nitrogen and oxygen atoms in total. The largest absolute Gasteiger partial charge is 0.332 e. The molecule has 0 bridgehead atoms. The molecule has 0 aliphatic carbocycles. The average molecular weight is 287 g/mol. The van der Waals surface area contributed by atoms with E-state index in [9.17, 15) is 4.79 Å². The Labute approximate surface area is 120 Å². The van der Waals surface area contributed by atoms with Crippen molar-refractivity contribution >= 4 is 17.2 Å². The van der Waals surface area contributed by atoms with E-state index < -0.39 is 0 Å². The smallest absolute Gasteiger partial charge is 0.252 e. The Morgan fingerprint density at radius 1 is 1.65 bits per heavy atom. The summed E-state index contributed by atoms with van der Waals surface area (Å²) in [5.74, 6) is -0.0287. The van der Waals surface area contributed by atoms with Crippen LogP contribution in [0.3, 0.4) is 0 Å². The standard InChI is InChI=1S/C13H13N5OS/c1-2-5-17(8-11-4-3-6-20-11)13(19)9-18-10-15-12(7-14)16-18/h2-4,6,10H,1,5,8-9H2. The normalized spacial score (nSPS) is 9.95. The van der Waals surface area contributed by atoms with Crippen LogP contribution in [0.2, 0.25) is 0 Å². The first-order valence-corrected chi connectivity index (χ1v) is 6.81. The van der Waals surface area contributed by atoms with Gasteiger partial charge in [-0.3, -0.25) is 4.79 Å². The lowest BCUT2D eigenvalue weighted by atomic mass is 10.3. The number of carbonyl (C=O) groups excluding carboxylic acids is 1. The molecule has 2 rings (SSSR count). The zero-order chi connectivity index (χ0) is 14.4. The second kappa shape index (κ2) is 6.63. The number of nitrogens with zero attached hydrogens (tertiary/aromatic N) is 5. The predicted molar refractivity (Wildman–Crippen MR) is 74.7 cm³/mol. The van der Waals surface area contributed by atoms with E-state index in [2.05, 4.69) is 16.7 Å².